The zero-order valence-corrected chi connectivity index (χ0v) is 9.60. The first-order chi connectivity index (χ1) is 7.84. The third-order valence-corrected chi connectivity index (χ3v) is 3.86. The first kappa shape index (κ1) is 9.97. The fourth-order valence-corrected chi connectivity index (χ4v) is 2.99. The van der Waals surface area contributed by atoms with E-state index >= 15 is 0 Å². The molecule has 2 N–H and O–H groups in total. The highest BCUT2D eigenvalue weighted by molar-refractivity contribution is 5.67. The van der Waals surface area contributed by atoms with Gasteiger partial charge in [0.1, 0.15) is 0 Å². The van der Waals surface area contributed by atoms with Crippen LogP contribution in [0.15, 0.2) is 24.3 Å². The summed E-state index contributed by atoms with van der Waals surface area (Å²) in [6, 6.07) is 8.97. The number of nitrogens with two attached hydrogens (primary N) is 1. The van der Waals surface area contributed by atoms with Crippen molar-refractivity contribution in [1.29, 1.82) is 0 Å². The minimum absolute atomic E-state index is 0.758. The quantitative estimate of drug-likeness (QED) is 0.724. The van der Waals surface area contributed by atoms with Crippen LogP contribution < -0.4 is 10.6 Å². The smallest absolute Gasteiger partial charge is 0.0600 e. The summed E-state index contributed by atoms with van der Waals surface area (Å²) in [6.45, 7) is 4.75. The lowest BCUT2D eigenvalue weighted by Crippen LogP contribution is -2.50. The number of para-hydroxylation sites is 2. The summed E-state index contributed by atoms with van der Waals surface area (Å²) in [4.78, 5) is 5.07. The number of fused-ring (bicyclic) bond motifs is 1. The van der Waals surface area contributed by atoms with E-state index in [1.54, 1.807) is 0 Å². The van der Waals surface area contributed by atoms with Gasteiger partial charge in [-0.3, -0.25) is 4.90 Å². The molecule has 0 amide bonds. The van der Waals surface area contributed by atoms with Crippen LogP contribution in [0.1, 0.15) is 12.8 Å². The zero-order valence-electron chi connectivity index (χ0n) is 9.60. The van der Waals surface area contributed by atoms with Crippen molar-refractivity contribution in [3.05, 3.63) is 24.3 Å². The van der Waals surface area contributed by atoms with Crippen LogP contribution in [0.3, 0.4) is 0 Å². The standard InChI is InChI=1S/C13H19N3/c14-12-5-1-2-6-13(12)16-9-8-15-7-3-4-11(15)10-16/h1-2,5-6,11H,3-4,7-10,14H2. The maximum absolute atomic E-state index is 6.03. The van der Waals surface area contributed by atoms with Crippen LogP contribution in [0, 0.1) is 0 Å². The summed E-state index contributed by atoms with van der Waals surface area (Å²) in [5.41, 5.74) is 8.16. The molecule has 0 aliphatic carbocycles. The number of benzene rings is 1. The van der Waals surface area contributed by atoms with E-state index in [-0.39, 0.29) is 0 Å². The number of rotatable bonds is 1. The van der Waals surface area contributed by atoms with E-state index in [1.165, 1.54) is 31.6 Å². The lowest BCUT2D eigenvalue weighted by Gasteiger charge is -2.39. The Kier molecular flexibility index (Phi) is 2.48. The van der Waals surface area contributed by atoms with Gasteiger partial charge < -0.3 is 10.6 Å². The van der Waals surface area contributed by atoms with E-state index in [1.807, 2.05) is 12.1 Å². The normalized spacial score (nSPS) is 25.8. The SMILES string of the molecule is Nc1ccccc1N1CCN2CCCC2C1. The lowest BCUT2D eigenvalue weighted by atomic mass is 10.1. The highest BCUT2D eigenvalue weighted by atomic mass is 15.3. The third-order valence-electron chi connectivity index (χ3n) is 3.86. The number of piperazine rings is 1. The Morgan fingerprint density at radius 2 is 2.00 bits per heavy atom. The monoisotopic (exact) mass is 217 g/mol. The van der Waals surface area contributed by atoms with Gasteiger partial charge in [-0.1, -0.05) is 12.1 Å². The Balaban J connectivity index is 1.79. The molecule has 1 aromatic carbocycles. The van der Waals surface area contributed by atoms with Crippen molar-refractivity contribution in [2.45, 2.75) is 18.9 Å². The maximum atomic E-state index is 6.03. The lowest BCUT2D eigenvalue weighted by molar-refractivity contribution is 0.231. The van der Waals surface area contributed by atoms with Crippen LogP contribution in [0.25, 0.3) is 0 Å². The molecule has 0 saturated carbocycles. The molecule has 3 rings (SSSR count). The molecule has 2 saturated heterocycles. The van der Waals surface area contributed by atoms with Crippen molar-refractivity contribution >= 4 is 11.4 Å². The highest BCUT2D eigenvalue weighted by Crippen LogP contribution is 2.28. The summed E-state index contributed by atoms with van der Waals surface area (Å²) in [5.74, 6) is 0. The van der Waals surface area contributed by atoms with Crippen molar-refractivity contribution in [3.63, 3.8) is 0 Å². The summed E-state index contributed by atoms with van der Waals surface area (Å²) in [7, 11) is 0. The first-order valence-corrected chi connectivity index (χ1v) is 6.18. The van der Waals surface area contributed by atoms with Crippen LogP contribution in [0.4, 0.5) is 11.4 Å². The van der Waals surface area contributed by atoms with Gasteiger partial charge in [0, 0.05) is 25.7 Å². The third kappa shape index (κ3) is 1.65. The molecule has 0 radical (unpaired) electrons. The van der Waals surface area contributed by atoms with Gasteiger partial charge >= 0.3 is 0 Å². The predicted octanol–water partition coefficient (Wildman–Crippen LogP) is 1.55. The fourth-order valence-electron chi connectivity index (χ4n) is 2.99. The second-order valence-electron chi connectivity index (χ2n) is 4.84. The van der Waals surface area contributed by atoms with Crippen LogP contribution in [0.2, 0.25) is 0 Å². The van der Waals surface area contributed by atoms with Gasteiger partial charge in [0.15, 0.2) is 0 Å². The van der Waals surface area contributed by atoms with E-state index in [2.05, 4.69) is 21.9 Å². The molecule has 3 heteroatoms. The number of nitrogen functional groups attached to an aromatic ring is 1. The Hall–Kier alpha value is -1.22. The highest BCUT2D eigenvalue weighted by Gasteiger charge is 2.30. The number of hydrogen-bond donors (Lipinski definition) is 1. The molecule has 0 aromatic heterocycles. The predicted molar refractivity (Wildman–Crippen MR) is 67.7 cm³/mol. The molecule has 3 nitrogen and oxygen atoms in total. The molecule has 2 aliphatic rings. The van der Waals surface area contributed by atoms with Crippen molar-refractivity contribution in [1.82, 2.24) is 4.90 Å². The topological polar surface area (TPSA) is 32.5 Å². The van der Waals surface area contributed by atoms with E-state index in [0.717, 1.165) is 24.8 Å². The first-order valence-electron chi connectivity index (χ1n) is 6.18. The van der Waals surface area contributed by atoms with Crippen LogP contribution in [-0.2, 0) is 0 Å². The molecule has 1 atom stereocenters. The molecule has 2 aliphatic heterocycles. The molecule has 0 spiro atoms. The Bertz CT molecular complexity index is 377. The van der Waals surface area contributed by atoms with Gasteiger partial charge in [0.05, 0.1) is 11.4 Å². The minimum atomic E-state index is 0.758. The molecule has 16 heavy (non-hydrogen) atoms. The van der Waals surface area contributed by atoms with E-state index < -0.39 is 0 Å². The second kappa shape index (κ2) is 3.98. The maximum Gasteiger partial charge on any atom is 0.0600 e. The molecule has 86 valence electrons. The van der Waals surface area contributed by atoms with Crippen molar-refractivity contribution in [2.75, 3.05) is 36.8 Å². The van der Waals surface area contributed by atoms with Gasteiger partial charge in [-0.2, -0.15) is 0 Å². The van der Waals surface area contributed by atoms with Crippen molar-refractivity contribution in [3.8, 4) is 0 Å². The largest absolute Gasteiger partial charge is 0.397 e. The molecular weight excluding hydrogens is 198 g/mol. The fraction of sp³-hybridized carbons (Fsp3) is 0.538. The number of nitrogens with zero attached hydrogens (tertiary/aromatic N) is 2. The van der Waals surface area contributed by atoms with Crippen molar-refractivity contribution < 1.29 is 0 Å². The average Bonchev–Trinajstić information content (AvgIpc) is 2.76. The van der Waals surface area contributed by atoms with E-state index in [9.17, 15) is 0 Å². The molecule has 2 heterocycles. The average molecular weight is 217 g/mol. The van der Waals surface area contributed by atoms with Gasteiger partial charge in [-0.15, -0.1) is 0 Å². The van der Waals surface area contributed by atoms with Crippen LogP contribution in [-0.4, -0.2) is 37.1 Å². The van der Waals surface area contributed by atoms with Gasteiger partial charge in [-0.05, 0) is 31.5 Å². The van der Waals surface area contributed by atoms with Gasteiger partial charge in [0.2, 0.25) is 0 Å². The zero-order chi connectivity index (χ0) is 11.0. The van der Waals surface area contributed by atoms with E-state index in [0.29, 0.717) is 0 Å². The van der Waals surface area contributed by atoms with Crippen LogP contribution >= 0.6 is 0 Å². The Labute approximate surface area is 96.8 Å². The van der Waals surface area contributed by atoms with Crippen LogP contribution in [0.5, 0.6) is 0 Å². The molecular formula is C13H19N3. The number of hydrogen-bond acceptors (Lipinski definition) is 3. The van der Waals surface area contributed by atoms with E-state index in [4.69, 9.17) is 5.73 Å². The molecule has 0 bridgehead atoms. The van der Waals surface area contributed by atoms with Crippen molar-refractivity contribution in [2.24, 2.45) is 0 Å². The number of anilines is 2. The molecule has 1 unspecified atom stereocenters. The molecule has 2 fully saturated rings. The summed E-state index contributed by atoms with van der Waals surface area (Å²) >= 11 is 0. The minimum Gasteiger partial charge on any atom is -0.397 e. The summed E-state index contributed by atoms with van der Waals surface area (Å²) < 4.78 is 0. The Morgan fingerprint density at radius 1 is 1.12 bits per heavy atom. The summed E-state index contributed by atoms with van der Waals surface area (Å²) in [6.07, 6.45) is 2.71. The van der Waals surface area contributed by atoms with Gasteiger partial charge in [-0.25, -0.2) is 0 Å². The Morgan fingerprint density at radius 3 is 2.88 bits per heavy atom. The van der Waals surface area contributed by atoms with Gasteiger partial charge in [0.25, 0.3) is 0 Å². The summed E-state index contributed by atoms with van der Waals surface area (Å²) in [5, 5.41) is 0. The molecule has 1 aromatic rings. The second-order valence-corrected chi connectivity index (χ2v) is 4.84.